The molecule has 0 radical (unpaired) electrons. The molecule has 0 spiro atoms. The van der Waals surface area contributed by atoms with E-state index in [4.69, 9.17) is 10.5 Å². The number of rotatable bonds is 4. The van der Waals surface area contributed by atoms with Gasteiger partial charge in [0.15, 0.2) is 5.82 Å². The molecule has 0 aliphatic rings. The maximum Gasteiger partial charge on any atom is 0.248 e. The second-order valence-electron chi connectivity index (χ2n) is 4.49. The van der Waals surface area contributed by atoms with Crippen LogP contribution in [0.2, 0.25) is 0 Å². The highest BCUT2D eigenvalue weighted by Crippen LogP contribution is 2.30. The quantitative estimate of drug-likeness (QED) is 0.726. The molecule has 6 heteroatoms. The highest BCUT2D eigenvalue weighted by atomic mass is 79.9. The highest BCUT2D eigenvalue weighted by molar-refractivity contribution is 9.10. The SMILES string of the molecule is Nc1c(Nc2ccc(Br)cc2)ncnc1Oc1ccccc1. The van der Waals surface area contributed by atoms with Gasteiger partial charge in [-0.05, 0) is 36.4 Å². The zero-order valence-electron chi connectivity index (χ0n) is 11.5. The molecule has 5 nitrogen and oxygen atoms in total. The van der Waals surface area contributed by atoms with Crippen molar-refractivity contribution in [2.24, 2.45) is 0 Å². The number of halogens is 1. The number of nitrogen functional groups attached to an aromatic ring is 1. The van der Waals surface area contributed by atoms with Crippen LogP contribution in [0.15, 0.2) is 65.4 Å². The summed E-state index contributed by atoms with van der Waals surface area (Å²) in [7, 11) is 0. The van der Waals surface area contributed by atoms with Crippen molar-refractivity contribution < 1.29 is 4.74 Å². The third-order valence-electron chi connectivity index (χ3n) is 2.91. The molecule has 0 saturated carbocycles. The number of hydrogen-bond donors (Lipinski definition) is 2. The molecule has 0 atom stereocenters. The predicted molar refractivity (Wildman–Crippen MR) is 90.4 cm³/mol. The van der Waals surface area contributed by atoms with Gasteiger partial charge >= 0.3 is 0 Å². The Morgan fingerprint density at radius 1 is 0.955 bits per heavy atom. The molecule has 0 unspecified atom stereocenters. The van der Waals surface area contributed by atoms with Crippen molar-refractivity contribution in [2.75, 3.05) is 11.1 Å². The summed E-state index contributed by atoms with van der Waals surface area (Å²) >= 11 is 3.40. The summed E-state index contributed by atoms with van der Waals surface area (Å²) in [6.45, 7) is 0. The Balaban J connectivity index is 1.84. The first-order valence-corrected chi connectivity index (χ1v) is 7.37. The fraction of sp³-hybridized carbons (Fsp3) is 0. The fourth-order valence-electron chi connectivity index (χ4n) is 1.83. The van der Waals surface area contributed by atoms with Crippen LogP contribution >= 0.6 is 15.9 Å². The lowest BCUT2D eigenvalue weighted by molar-refractivity contribution is 0.464. The molecule has 0 amide bonds. The van der Waals surface area contributed by atoms with Gasteiger partial charge in [-0.2, -0.15) is 4.98 Å². The molecule has 3 aromatic rings. The van der Waals surface area contributed by atoms with Crippen LogP contribution in [0.4, 0.5) is 17.2 Å². The van der Waals surface area contributed by atoms with E-state index < -0.39 is 0 Å². The van der Waals surface area contributed by atoms with Crippen molar-refractivity contribution in [1.82, 2.24) is 9.97 Å². The smallest absolute Gasteiger partial charge is 0.248 e. The van der Waals surface area contributed by atoms with Gasteiger partial charge in [-0.25, -0.2) is 4.98 Å². The van der Waals surface area contributed by atoms with Crippen molar-refractivity contribution in [1.29, 1.82) is 0 Å². The molecule has 2 aromatic carbocycles. The minimum atomic E-state index is 0.320. The maximum absolute atomic E-state index is 6.09. The van der Waals surface area contributed by atoms with E-state index >= 15 is 0 Å². The van der Waals surface area contributed by atoms with Gasteiger partial charge in [0.2, 0.25) is 5.88 Å². The Morgan fingerprint density at radius 2 is 1.68 bits per heavy atom. The molecule has 3 N–H and O–H groups in total. The van der Waals surface area contributed by atoms with E-state index in [9.17, 15) is 0 Å². The van der Waals surface area contributed by atoms with Crippen LogP contribution in [0.25, 0.3) is 0 Å². The summed E-state index contributed by atoms with van der Waals surface area (Å²) in [6.07, 6.45) is 1.41. The van der Waals surface area contributed by atoms with Crippen LogP contribution in [-0.2, 0) is 0 Å². The average Bonchev–Trinajstić information content (AvgIpc) is 2.54. The van der Waals surface area contributed by atoms with Gasteiger partial charge in [-0.15, -0.1) is 0 Å². The number of nitrogens with two attached hydrogens (primary N) is 1. The van der Waals surface area contributed by atoms with Crippen LogP contribution < -0.4 is 15.8 Å². The molecular formula is C16H13BrN4O. The summed E-state index contributed by atoms with van der Waals surface area (Å²) in [5.41, 5.74) is 7.32. The zero-order valence-corrected chi connectivity index (χ0v) is 13.1. The number of aromatic nitrogens is 2. The topological polar surface area (TPSA) is 73.1 Å². The molecule has 0 aliphatic carbocycles. The van der Waals surface area contributed by atoms with E-state index in [1.165, 1.54) is 6.33 Å². The van der Waals surface area contributed by atoms with E-state index in [1.54, 1.807) is 0 Å². The fourth-order valence-corrected chi connectivity index (χ4v) is 2.09. The second kappa shape index (κ2) is 6.44. The van der Waals surface area contributed by atoms with Crippen LogP contribution in [0.5, 0.6) is 11.6 Å². The van der Waals surface area contributed by atoms with Gasteiger partial charge in [-0.3, -0.25) is 0 Å². The van der Waals surface area contributed by atoms with Crippen molar-refractivity contribution in [3.05, 3.63) is 65.4 Å². The lowest BCUT2D eigenvalue weighted by atomic mass is 10.3. The van der Waals surface area contributed by atoms with E-state index in [0.29, 0.717) is 23.1 Å². The minimum Gasteiger partial charge on any atom is -0.437 e. The largest absolute Gasteiger partial charge is 0.437 e. The third kappa shape index (κ3) is 3.35. The van der Waals surface area contributed by atoms with E-state index in [2.05, 4.69) is 31.2 Å². The first-order chi connectivity index (χ1) is 10.7. The zero-order chi connectivity index (χ0) is 15.4. The molecule has 1 aromatic heterocycles. The Kier molecular flexibility index (Phi) is 4.20. The number of nitrogens with zero attached hydrogens (tertiary/aromatic N) is 2. The monoisotopic (exact) mass is 356 g/mol. The summed E-state index contributed by atoms with van der Waals surface area (Å²) in [6, 6.07) is 17.1. The van der Waals surface area contributed by atoms with Crippen molar-refractivity contribution in [2.45, 2.75) is 0 Å². The Labute approximate surface area is 136 Å². The molecule has 0 fully saturated rings. The van der Waals surface area contributed by atoms with Crippen molar-refractivity contribution in [3.8, 4) is 11.6 Å². The standard InChI is InChI=1S/C16H13BrN4O/c17-11-6-8-12(9-7-11)21-15-14(18)16(20-10-19-15)22-13-4-2-1-3-5-13/h1-10H,18H2,(H,19,20,21). The molecule has 1 heterocycles. The number of hydrogen-bond acceptors (Lipinski definition) is 5. The van der Waals surface area contributed by atoms with Gasteiger partial charge in [-0.1, -0.05) is 34.1 Å². The first kappa shape index (κ1) is 14.3. The molecular weight excluding hydrogens is 344 g/mol. The number of para-hydroxylation sites is 1. The maximum atomic E-state index is 6.09. The minimum absolute atomic E-state index is 0.320. The average molecular weight is 357 g/mol. The second-order valence-corrected chi connectivity index (χ2v) is 5.40. The lowest BCUT2D eigenvalue weighted by Gasteiger charge is -2.11. The summed E-state index contributed by atoms with van der Waals surface area (Å²) in [5, 5.41) is 3.15. The Bertz CT molecular complexity index is 763. The van der Waals surface area contributed by atoms with Crippen molar-refractivity contribution in [3.63, 3.8) is 0 Å². The number of anilines is 3. The summed E-state index contributed by atoms with van der Waals surface area (Å²) in [5.74, 6) is 1.49. The van der Waals surface area contributed by atoms with Gasteiger partial charge in [0.25, 0.3) is 0 Å². The highest BCUT2D eigenvalue weighted by Gasteiger charge is 2.10. The lowest BCUT2D eigenvalue weighted by Crippen LogP contribution is -2.03. The van der Waals surface area contributed by atoms with E-state index in [1.807, 2.05) is 54.6 Å². The summed E-state index contributed by atoms with van der Waals surface area (Å²) < 4.78 is 6.68. The van der Waals surface area contributed by atoms with Gasteiger partial charge < -0.3 is 15.8 Å². The van der Waals surface area contributed by atoms with Crippen LogP contribution in [0, 0.1) is 0 Å². The molecule has 3 rings (SSSR count). The van der Waals surface area contributed by atoms with Crippen LogP contribution in [0.3, 0.4) is 0 Å². The molecule has 0 bridgehead atoms. The van der Waals surface area contributed by atoms with Gasteiger partial charge in [0.1, 0.15) is 17.8 Å². The third-order valence-corrected chi connectivity index (χ3v) is 3.44. The van der Waals surface area contributed by atoms with Crippen LogP contribution in [-0.4, -0.2) is 9.97 Å². The Morgan fingerprint density at radius 3 is 2.41 bits per heavy atom. The number of ether oxygens (including phenoxy) is 1. The normalized spacial score (nSPS) is 10.2. The predicted octanol–water partition coefficient (Wildman–Crippen LogP) is 4.36. The number of nitrogens with one attached hydrogen (secondary N) is 1. The molecule has 0 saturated heterocycles. The molecule has 0 aliphatic heterocycles. The van der Waals surface area contributed by atoms with Gasteiger partial charge in [0, 0.05) is 10.2 Å². The Hall–Kier alpha value is -2.60. The van der Waals surface area contributed by atoms with Crippen molar-refractivity contribution >= 4 is 33.1 Å². The van der Waals surface area contributed by atoms with Crippen LogP contribution in [0.1, 0.15) is 0 Å². The molecule has 22 heavy (non-hydrogen) atoms. The molecule has 110 valence electrons. The summed E-state index contributed by atoms with van der Waals surface area (Å²) in [4.78, 5) is 8.24. The van der Waals surface area contributed by atoms with E-state index in [-0.39, 0.29) is 0 Å². The first-order valence-electron chi connectivity index (χ1n) is 6.58. The number of benzene rings is 2. The van der Waals surface area contributed by atoms with E-state index in [0.717, 1.165) is 10.2 Å². The van der Waals surface area contributed by atoms with Gasteiger partial charge in [0.05, 0.1) is 0 Å².